The molecule has 18 heavy (non-hydrogen) atoms. The van der Waals surface area contributed by atoms with E-state index in [0.29, 0.717) is 6.54 Å². The standard InChI is InChI=1S/C12H13FN4O/c1-17-9(4-5-16-17)7-15-12(18)8-2-3-11(14)10(13)6-8/h2-6H,7,14H2,1H3,(H,15,18). The molecule has 0 aliphatic heterocycles. The number of nitrogens with two attached hydrogens (primary N) is 1. The Morgan fingerprint density at radius 3 is 2.89 bits per heavy atom. The first-order valence-electron chi connectivity index (χ1n) is 5.38. The van der Waals surface area contributed by atoms with Gasteiger partial charge in [0.05, 0.1) is 17.9 Å². The molecule has 1 aromatic heterocycles. The third-order valence-corrected chi connectivity index (χ3v) is 2.62. The molecular weight excluding hydrogens is 235 g/mol. The highest BCUT2D eigenvalue weighted by atomic mass is 19.1. The molecule has 0 aliphatic rings. The summed E-state index contributed by atoms with van der Waals surface area (Å²) in [6.45, 7) is 0.335. The summed E-state index contributed by atoms with van der Waals surface area (Å²) < 4.78 is 14.9. The fourth-order valence-corrected chi connectivity index (χ4v) is 1.52. The molecule has 0 bridgehead atoms. The van der Waals surface area contributed by atoms with Crippen LogP contribution < -0.4 is 11.1 Å². The highest BCUT2D eigenvalue weighted by molar-refractivity contribution is 5.94. The summed E-state index contributed by atoms with van der Waals surface area (Å²) in [5, 5.41) is 6.66. The first-order chi connectivity index (χ1) is 8.58. The number of carbonyl (C=O) groups excluding carboxylic acids is 1. The summed E-state index contributed by atoms with van der Waals surface area (Å²) in [5.41, 5.74) is 6.47. The van der Waals surface area contributed by atoms with E-state index in [1.54, 1.807) is 24.0 Å². The largest absolute Gasteiger partial charge is 0.396 e. The van der Waals surface area contributed by atoms with Crippen molar-refractivity contribution in [2.24, 2.45) is 7.05 Å². The number of nitrogen functional groups attached to an aromatic ring is 1. The number of halogens is 1. The number of aromatic nitrogens is 2. The Morgan fingerprint density at radius 2 is 2.28 bits per heavy atom. The van der Waals surface area contributed by atoms with Gasteiger partial charge < -0.3 is 11.1 Å². The Kier molecular flexibility index (Phi) is 3.27. The van der Waals surface area contributed by atoms with Crippen molar-refractivity contribution >= 4 is 11.6 Å². The van der Waals surface area contributed by atoms with Crippen molar-refractivity contribution in [1.82, 2.24) is 15.1 Å². The number of benzene rings is 1. The predicted octanol–water partition coefficient (Wildman–Crippen LogP) is 1.07. The van der Waals surface area contributed by atoms with Gasteiger partial charge in [-0.1, -0.05) is 0 Å². The van der Waals surface area contributed by atoms with E-state index >= 15 is 0 Å². The Bertz CT molecular complexity index is 579. The second kappa shape index (κ2) is 4.87. The Hall–Kier alpha value is -2.37. The van der Waals surface area contributed by atoms with Crippen molar-refractivity contribution in [2.75, 3.05) is 5.73 Å². The van der Waals surface area contributed by atoms with E-state index in [0.717, 1.165) is 11.8 Å². The maximum atomic E-state index is 13.2. The van der Waals surface area contributed by atoms with E-state index in [9.17, 15) is 9.18 Å². The molecule has 5 nitrogen and oxygen atoms in total. The monoisotopic (exact) mass is 248 g/mol. The molecule has 2 rings (SSSR count). The summed E-state index contributed by atoms with van der Waals surface area (Å²) in [6.07, 6.45) is 1.64. The average Bonchev–Trinajstić information content (AvgIpc) is 2.75. The van der Waals surface area contributed by atoms with Gasteiger partial charge in [-0.3, -0.25) is 9.48 Å². The lowest BCUT2D eigenvalue weighted by atomic mass is 10.2. The lowest BCUT2D eigenvalue weighted by Crippen LogP contribution is -2.24. The predicted molar refractivity (Wildman–Crippen MR) is 65.2 cm³/mol. The van der Waals surface area contributed by atoms with Crippen LogP contribution in [0.4, 0.5) is 10.1 Å². The van der Waals surface area contributed by atoms with Gasteiger partial charge in [-0.2, -0.15) is 5.10 Å². The first kappa shape index (κ1) is 12.1. The Labute approximate surface area is 103 Å². The van der Waals surface area contributed by atoms with Crippen molar-refractivity contribution in [3.8, 4) is 0 Å². The van der Waals surface area contributed by atoms with Crippen LogP contribution in [-0.2, 0) is 13.6 Å². The maximum Gasteiger partial charge on any atom is 0.251 e. The van der Waals surface area contributed by atoms with Crippen LogP contribution in [0.25, 0.3) is 0 Å². The zero-order valence-electron chi connectivity index (χ0n) is 9.85. The van der Waals surface area contributed by atoms with Gasteiger partial charge in [0.1, 0.15) is 5.82 Å². The van der Waals surface area contributed by atoms with Crippen LogP contribution in [0.5, 0.6) is 0 Å². The lowest BCUT2D eigenvalue weighted by Gasteiger charge is -2.06. The van der Waals surface area contributed by atoms with Crippen molar-refractivity contribution < 1.29 is 9.18 Å². The van der Waals surface area contributed by atoms with Crippen LogP contribution in [0.1, 0.15) is 16.1 Å². The molecule has 0 unspecified atom stereocenters. The summed E-state index contributed by atoms with van der Waals surface area (Å²) in [7, 11) is 1.78. The van der Waals surface area contributed by atoms with Gasteiger partial charge in [0.2, 0.25) is 0 Å². The van der Waals surface area contributed by atoms with Crippen LogP contribution in [0.2, 0.25) is 0 Å². The summed E-state index contributed by atoms with van der Waals surface area (Å²) in [6, 6.07) is 5.77. The molecule has 3 N–H and O–H groups in total. The van der Waals surface area contributed by atoms with E-state index in [2.05, 4.69) is 10.4 Å². The number of aryl methyl sites for hydroxylation is 1. The highest BCUT2D eigenvalue weighted by Gasteiger charge is 2.08. The molecule has 0 aliphatic carbocycles. The molecular formula is C12H13FN4O. The second-order valence-electron chi connectivity index (χ2n) is 3.87. The fraction of sp³-hybridized carbons (Fsp3) is 0.167. The van der Waals surface area contributed by atoms with Crippen molar-refractivity contribution in [3.05, 3.63) is 47.5 Å². The molecule has 0 saturated heterocycles. The Morgan fingerprint density at radius 1 is 1.50 bits per heavy atom. The number of hydrogen-bond donors (Lipinski definition) is 2. The molecule has 0 spiro atoms. The molecule has 0 fully saturated rings. The van der Waals surface area contributed by atoms with Gasteiger partial charge in [0.25, 0.3) is 5.91 Å². The van der Waals surface area contributed by atoms with Crippen LogP contribution in [0, 0.1) is 5.82 Å². The highest BCUT2D eigenvalue weighted by Crippen LogP contribution is 2.11. The minimum absolute atomic E-state index is 0.0261. The van der Waals surface area contributed by atoms with Crippen LogP contribution in [0.3, 0.4) is 0 Å². The van der Waals surface area contributed by atoms with Gasteiger partial charge in [-0.25, -0.2) is 4.39 Å². The average molecular weight is 248 g/mol. The zero-order chi connectivity index (χ0) is 13.1. The molecule has 2 aromatic rings. The van der Waals surface area contributed by atoms with Gasteiger partial charge in [0.15, 0.2) is 0 Å². The van der Waals surface area contributed by atoms with Crippen LogP contribution in [-0.4, -0.2) is 15.7 Å². The number of hydrogen-bond acceptors (Lipinski definition) is 3. The third kappa shape index (κ3) is 2.48. The number of rotatable bonds is 3. The van der Waals surface area contributed by atoms with Crippen molar-refractivity contribution in [3.63, 3.8) is 0 Å². The van der Waals surface area contributed by atoms with Crippen LogP contribution >= 0.6 is 0 Å². The molecule has 94 valence electrons. The van der Waals surface area contributed by atoms with Gasteiger partial charge in [-0.05, 0) is 24.3 Å². The maximum absolute atomic E-state index is 13.2. The molecule has 1 heterocycles. The molecule has 0 atom stereocenters. The molecule has 1 aromatic carbocycles. The van der Waals surface area contributed by atoms with Crippen LogP contribution in [0.15, 0.2) is 30.5 Å². The van der Waals surface area contributed by atoms with Crippen molar-refractivity contribution in [1.29, 1.82) is 0 Å². The Balaban J connectivity index is 2.04. The summed E-state index contributed by atoms with van der Waals surface area (Å²) in [4.78, 5) is 11.8. The van der Waals surface area contributed by atoms with E-state index in [-0.39, 0.29) is 17.2 Å². The summed E-state index contributed by atoms with van der Waals surface area (Å²) >= 11 is 0. The number of nitrogens with one attached hydrogen (secondary N) is 1. The fourth-order valence-electron chi connectivity index (χ4n) is 1.52. The van der Waals surface area contributed by atoms with E-state index < -0.39 is 5.82 Å². The van der Waals surface area contributed by atoms with Gasteiger partial charge in [0, 0.05) is 18.8 Å². The normalized spacial score (nSPS) is 10.3. The van der Waals surface area contributed by atoms with Crippen molar-refractivity contribution in [2.45, 2.75) is 6.54 Å². The quantitative estimate of drug-likeness (QED) is 0.798. The number of nitrogens with zero attached hydrogens (tertiary/aromatic N) is 2. The lowest BCUT2D eigenvalue weighted by molar-refractivity contribution is 0.0949. The van der Waals surface area contributed by atoms with E-state index in [1.165, 1.54) is 12.1 Å². The van der Waals surface area contributed by atoms with Gasteiger partial charge in [-0.15, -0.1) is 0 Å². The molecule has 1 amide bonds. The topological polar surface area (TPSA) is 72.9 Å². The minimum Gasteiger partial charge on any atom is -0.396 e. The summed E-state index contributed by atoms with van der Waals surface area (Å²) in [5.74, 6) is -0.946. The van der Waals surface area contributed by atoms with E-state index in [4.69, 9.17) is 5.73 Å². The SMILES string of the molecule is Cn1nccc1CNC(=O)c1ccc(N)c(F)c1. The second-order valence-corrected chi connectivity index (χ2v) is 3.87. The smallest absolute Gasteiger partial charge is 0.251 e. The zero-order valence-corrected chi connectivity index (χ0v) is 9.85. The third-order valence-electron chi connectivity index (χ3n) is 2.62. The van der Waals surface area contributed by atoms with Gasteiger partial charge >= 0.3 is 0 Å². The minimum atomic E-state index is -0.594. The first-order valence-corrected chi connectivity index (χ1v) is 5.38. The number of anilines is 1. The van der Waals surface area contributed by atoms with E-state index in [1.807, 2.05) is 0 Å². The number of carbonyl (C=O) groups is 1. The molecule has 6 heteroatoms. The number of amides is 1. The molecule has 0 radical (unpaired) electrons. The molecule has 0 saturated carbocycles.